The van der Waals surface area contributed by atoms with Crippen LogP contribution in [0.4, 0.5) is 10.1 Å². The fraction of sp³-hybridized carbons (Fsp3) is 0.400. The van der Waals surface area contributed by atoms with Crippen LogP contribution in [0, 0.1) is 5.82 Å². The van der Waals surface area contributed by atoms with Crippen molar-refractivity contribution in [2.24, 2.45) is 0 Å². The first kappa shape index (κ1) is 14.9. The zero-order valence-corrected chi connectivity index (χ0v) is 12.5. The van der Waals surface area contributed by atoms with E-state index in [0.29, 0.717) is 23.3 Å². The molecule has 0 amide bonds. The van der Waals surface area contributed by atoms with Crippen molar-refractivity contribution in [3.8, 4) is 0 Å². The second-order valence-electron chi connectivity index (χ2n) is 4.74. The van der Waals surface area contributed by atoms with Gasteiger partial charge < -0.3 is 5.32 Å². The maximum atomic E-state index is 13.0. The Morgan fingerprint density at radius 1 is 1.30 bits per heavy atom. The standard InChI is InChI=1S/C15H19ClFN3/c1-3-13(4-2)20-8-7-12(19-20)10-18-15-6-5-11(17)9-14(15)16/h5-9,13,18H,3-4,10H2,1-2H3. The lowest BCUT2D eigenvalue weighted by Gasteiger charge is -2.12. The zero-order chi connectivity index (χ0) is 14.5. The third-order valence-corrected chi connectivity index (χ3v) is 3.68. The second kappa shape index (κ2) is 6.75. The molecule has 3 nitrogen and oxygen atoms in total. The average molecular weight is 296 g/mol. The molecule has 1 N–H and O–H groups in total. The number of hydrogen-bond acceptors (Lipinski definition) is 2. The van der Waals surface area contributed by atoms with Crippen molar-refractivity contribution in [1.29, 1.82) is 0 Å². The molecule has 0 fully saturated rings. The summed E-state index contributed by atoms with van der Waals surface area (Å²) in [5.74, 6) is -0.335. The van der Waals surface area contributed by atoms with E-state index in [-0.39, 0.29) is 5.82 Å². The van der Waals surface area contributed by atoms with E-state index < -0.39 is 0 Å². The van der Waals surface area contributed by atoms with Crippen LogP contribution in [0.1, 0.15) is 38.4 Å². The molecular weight excluding hydrogens is 277 g/mol. The summed E-state index contributed by atoms with van der Waals surface area (Å²) in [6, 6.07) is 6.75. The summed E-state index contributed by atoms with van der Waals surface area (Å²) in [7, 11) is 0. The van der Waals surface area contributed by atoms with E-state index in [1.807, 2.05) is 16.9 Å². The molecule has 20 heavy (non-hydrogen) atoms. The van der Waals surface area contributed by atoms with Gasteiger partial charge in [-0.1, -0.05) is 25.4 Å². The van der Waals surface area contributed by atoms with Crippen molar-refractivity contribution < 1.29 is 4.39 Å². The van der Waals surface area contributed by atoms with Gasteiger partial charge in [-0.25, -0.2) is 4.39 Å². The third-order valence-electron chi connectivity index (χ3n) is 3.37. The summed E-state index contributed by atoms with van der Waals surface area (Å²) in [6.45, 7) is 4.89. The van der Waals surface area contributed by atoms with Crippen molar-refractivity contribution in [3.63, 3.8) is 0 Å². The summed E-state index contributed by atoms with van der Waals surface area (Å²) in [4.78, 5) is 0. The van der Waals surface area contributed by atoms with E-state index in [1.165, 1.54) is 12.1 Å². The van der Waals surface area contributed by atoms with Crippen LogP contribution in [0.5, 0.6) is 0 Å². The molecule has 2 aromatic rings. The summed E-state index contributed by atoms with van der Waals surface area (Å²) < 4.78 is 15.0. The molecule has 2 rings (SSSR count). The van der Waals surface area contributed by atoms with Gasteiger partial charge >= 0.3 is 0 Å². The summed E-state index contributed by atoms with van der Waals surface area (Å²) >= 11 is 5.97. The minimum absolute atomic E-state index is 0.335. The Bertz CT molecular complexity index is 564. The van der Waals surface area contributed by atoms with Crippen LogP contribution in [-0.2, 0) is 6.54 Å². The zero-order valence-electron chi connectivity index (χ0n) is 11.7. The number of nitrogens with zero attached hydrogens (tertiary/aromatic N) is 2. The molecule has 1 aromatic carbocycles. The van der Waals surface area contributed by atoms with Crippen LogP contribution >= 0.6 is 11.6 Å². The fourth-order valence-corrected chi connectivity index (χ4v) is 2.39. The Balaban J connectivity index is 2.00. The van der Waals surface area contributed by atoms with Gasteiger partial charge in [0, 0.05) is 6.20 Å². The number of hydrogen-bond donors (Lipinski definition) is 1. The topological polar surface area (TPSA) is 29.9 Å². The first-order valence-electron chi connectivity index (χ1n) is 6.87. The molecule has 0 spiro atoms. The van der Waals surface area contributed by atoms with E-state index in [9.17, 15) is 4.39 Å². The molecule has 1 aromatic heterocycles. The molecule has 0 saturated carbocycles. The van der Waals surface area contributed by atoms with Crippen LogP contribution in [0.15, 0.2) is 30.5 Å². The van der Waals surface area contributed by atoms with Gasteiger partial charge in [-0.05, 0) is 37.1 Å². The Hall–Kier alpha value is -1.55. The van der Waals surface area contributed by atoms with E-state index in [0.717, 1.165) is 18.5 Å². The summed E-state index contributed by atoms with van der Waals surface area (Å²) in [6.07, 6.45) is 4.13. The normalized spacial score (nSPS) is 11.1. The average Bonchev–Trinajstić information content (AvgIpc) is 2.88. The maximum Gasteiger partial charge on any atom is 0.124 e. The molecule has 0 saturated heterocycles. The fourth-order valence-electron chi connectivity index (χ4n) is 2.16. The number of benzene rings is 1. The minimum Gasteiger partial charge on any atom is -0.378 e. The van der Waals surface area contributed by atoms with Crippen LogP contribution in [-0.4, -0.2) is 9.78 Å². The van der Waals surface area contributed by atoms with Gasteiger partial charge in [0.15, 0.2) is 0 Å². The summed E-state index contributed by atoms with van der Waals surface area (Å²) in [5.41, 5.74) is 1.66. The van der Waals surface area contributed by atoms with Crippen molar-refractivity contribution in [1.82, 2.24) is 9.78 Å². The molecule has 0 aliphatic rings. The highest BCUT2D eigenvalue weighted by atomic mass is 35.5. The molecule has 0 bridgehead atoms. The predicted molar refractivity (Wildman–Crippen MR) is 80.6 cm³/mol. The van der Waals surface area contributed by atoms with Gasteiger partial charge in [-0.2, -0.15) is 5.10 Å². The molecule has 108 valence electrons. The third kappa shape index (κ3) is 3.51. The van der Waals surface area contributed by atoms with E-state index in [2.05, 4.69) is 24.3 Å². The van der Waals surface area contributed by atoms with Gasteiger partial charge in [0.2, 0.25) is 0 Å². The Morgan fingerprint density at radius 2 is 2.05 bits per heavy atom. The molecule has 1 heterocycles. The number of nitrogens with one attached hydrogen (secondary N) is 1. The highest BCUT2D eigenvalue weighted by Crippen LogP contribution is 2.23. The Morgan fingerprint density at radius 3 is 2.70 bits per heavy atom. The van der Waals surface area contributed by atoms with Crippen LogP contribution in [0.3, 0.4) is 0 Å². The van der Waals surface area contributed by atoms with Gasteiger partial charge in [-0.15, -0.1) is 0 Å². The van der Waals surface area contributed by atoms with Crippen molar-refractivity contribution in [3.05, 3.63) is 47.0 Å². The number of rotatable bonds is 6. The van der Waals surface area contributed by atoms with Crippen molar-refractivity contribution >= 4 is 17.3 Å². The monoisotopic (exact) mass is 295 g/mol. The van der Waals surface area contributed by atoms with Gasteiger partial charge in [-0.3, -0.25) is 4.68 Å². The SMILES string of the molecule is CCC(CC)n1ccc(CNc2ccc(F)cc2Cl)n1. The van der Waals surface area contributed by atoms with Crippen LogP contribution in [0.25, 0.3) is 0 Å². The lowest BCUT2D eigenvalue weighted by molar-refractivity contribution is 0.426. The van der Waals surface area contributed by atoms with E-state index >= 15 is 0 Å². The molecular formula is C15H19ClFN3. The number of anilines is 1. The Kier molecular flexibility index (Phi) is 5.01. The van der Waals surface area contributed by atoms with Gasteiger partial charge in [0.1, 0.15) is 5.82 Å². The predicted octanol–water partition coefficient (Wildman–Crippen LogP) is 4.65. The summed E-state index contributed by atoms with van der Waals surface area (Å²) in [5, 5.41) is 8.10. The van der Waals surface area contributed by atoms with E-state index in [1.54, 1.807) is 6.07 Å². The highest BCUT2D eigenvalue weighted by molar-refractivity contribution is 6.33. The van der Waals surface area contributed by atoms with Crippen LogP contribution in [0.2, 0.25) is 5.02 Å². The van der Waals surface area contributed by atoms with Crippen molar-refractivity contribution in [2.45, 2.75) is 39.3 Å². The van der Waals surface area contributed by atoms with Gasteiger partial charge in [0.05, 0.1) is 29.0 Å². The van der Waals surface area contributed by atoms with Crippen molar-refractivity contribution in [2.75, 3.05) is 5.32 Å². The largest absolute Gasteiger partial charge is 0.378 e. The number of halogens is 2. The molecule has 0 radical (unpaired) electrons. The Labute approximate surface area is 123 Å². The molecule has 5 heteroatoms. The maximum absolute atomic E-state index is 13.0. The minimum atomic E-state index is -0.335. The molecule has 0 atom stereocenters. The molecule has 0 unspecified atom stereocenters. The highest BCUT2D eigenvalue weighted by Gasteiger charge is 2.08. The van der Waals surface area contributed by atoms with E-state index in [4.69, 9.17) is 11.6 Å². The first-order valence-corrected chi connectivity index (χ1v) is 7.24. The lowest BCUT2D eigenvalue weighted by Crippen LogP contribution is -2.09. The number of aromatic nitrogens is 2. The second-order valence-corrected chi connectivity index (χ2v) is 5.14. The first-order chi connectivity index (χ1) is 9.63. The smallest absolute Gasteiger partial charge is 0.124 e. The molecule has 0 aliphatic carbocycles. The quantitative estimate of drug-likeness (QED) is 0.841. The van der Waals surface area contributed by atoms with Gasteiger partial charge in [0.25, 0.3) is 0 Å². The lowest BCUT2D eigenvalue weighted by atomic mass is 10.2. The van der Waals surface area contributed by atoms with Crippen LogP contribution < -0.4 is 5.32 Å². The molecule has 0 aliphatic heterocycles.